The lowest BCUT2D eigenvalue weighted by molar-refractivity contribution is 0.150. The fraction of sp³-hybridized carbons (Fsp3) is 0.917. The van der Waals surface area contributed by atoms with E-state index >= 15 is 0 Å². The third-order valence-electron chi connectivity index (χ3n) is 3.48. The largest absolute Gasteiger partial charge is 0.0599 e. The molecular formula is C12H23. The van der Waals surface area contributed by atoms with E-state index in [9.17, 15) is 0 Å². The van der Waals surface area contributed by atoms with Crippen LogP contribution in [0.2, 0.25) is 0 Å². The van der Waals surface area contributed by atoms with Crippen molar-refractivity contribution in [1.82, 2.24) is 0 Å². The van der Waals surface area contributed by atoms with Gasteiger partial charge in [0.15, 0.2) is 0 Å². The predicted octanol–water partition coefficient (Wildman–Crippen LogP) is 4.06. The summed E-state index contributed by atoms with van der Waals surface area (Å²) >= 11 is 0. The summed E-state index contributed by atoms with van der Waals surface area (Å²) in [5.41, 5.74) is 0.534. The van der Waals surface area contributed by atoms with E-state index in [2.05, 4.69) is 27.7 Å². The van der Waals surface area contributed by atoms with Gasteiger partial charge in [0.2, 0.25) is 0 Å². The molecule has 0 spiro atoms. The van der Waals surface area contributed by atoms with Gasteiger partial charge in [-0.2, -0.15) is 0 Å². The quantitative estimate of drug-likeness (QED) is 0.552. The average Bonchev–Trinajstić information content (AvgIpc) is 2.03. The third-order valence-corrected chi connectivity index (χ3v) is 3.48. The van der Waals surface area contributed by atoms with Gasteiger partial charge in [0.05, 0.1) is 0 Å². The van der Waals surface area contributed by atoms with Gasteiger partial charge < -0.3 is 0 Å². The van der Waals surface area contributed by atoms with Crippen molar-refractivity contribution in [2.24, 2.45) is 17.3 Å². The first kappa shape index (κ1) is 10.1. The van der Waals surface area contributed by atoms with Crippen LogP contribution < -0.4 is 0 Å². The van der Waals surface area contributed by atoms with Crippen LogP contribution in [-0.2, 0) is 0 Å². The summed E-state index contributed by atoms with van der Waals surface area (Å²) in [5.74, 6) is 1.89. The van der Waals surface area contributed by atoms with Gasteiger partial charge in [-0.05, 0) is 30.1 Å². The van der Waals surface area contributed by atoms with Crippen LogP contribution in [0.3, 0.4) is 0 Å². The highest BCUT2D eigenvalue weighted by Gasteiger charge is 2.28. The monoisotopic (exact) mass is 167 g/mol. The van der Waals surface area contributed by atoms with Gasteiger partial charge in [0.25, 0.3) is 0 Å². The maximum absolute atomic E-state index is 4.00. The highest BCUT2D eigenvalue weighted by molar-refractivity contribution is 4.80. The molecular weight excluding hydrogens is 144 g/mol. The molecule has 0 atom stereocenters. The lowest BCUT2D eigenvalue weighted by Gasteiger charge is -2.36. The summed E-state index contributed by atoms with van der Waals surface area (Å²) in [6.45, 7) is 11.1. The van der Waals surface area contributed by atoms with Crippen LogP contribution in [0.15, 0.2) is 0 Å². The van der Waals surface area contributed by atoms with E-state index in [0.29, 0.717) is 5.41 Å². The Morgan fingerprint density at radius 1 is 1.08 bits per heavy atom. The van der Waals surface area contributed by atoms with Crippen molar-refractivity contribution in [2.45, 2.75) is 52.9 Å². The minimum absolute atomic E-state index is 0.534. The summed E-state index contributed by atoms with van der Waals surface area (Å²) in [6.07, 6.45) is 6.86. The fourth-order valence-electron chi connectivity index (χ4n) is 2.32. The summed E-state index contributed by atoms with van der Waals surface area (Å²) in [5, 5.41) is 0. The fourth-order valence-corrected chi connectivity index (χ4v) is 2.32. The number of rotatable bonds is 1. The van der Waals surface area contributed by atoms with Crippen molar-refractivity contribution >= 4 is 0 Å². The molecule has 0 heterocycles. The minimum atomic E-state index is 0.534. The molecule has 0 aromatic rings. The van der Waals surface area contributed by atoms with Crippen LogP contribution in [-0.4, -0.2) is 0 Å². The Kier molecular flexibility index (Phi) is 3.20. The highest BCUT2D eigenvalue weighted by Crippen LogP contribution is 2.40. The normalized spacial score (nSPS) is 32.0. The van der Waals surface area contributed by atoms with Crippen molar-refractivity contribution in [3.05, 3.63) is 6.92 Å². The second kappa shape index (κ2) is 3.81. The summed E-state index contributed by atoms with van der Waals surface area (Å²) < 4.78 is 0. The van der Waals surface area contributed by atoms with Gasteiger partial charge in [-0.25, -0.2) is 0 Å². The number of hydrogen-bond acceptors (Lipinski definition) is 0. The maximum atomic E-state index is 4.00. The van der Waals surface area contributed by atoms with Gasteiger partial charge in [0, 0.05) is 0 Å². The van der Waals surface area contributed by atoms with E-state index < -0.39 is 0 Å². The van der Waals surface area contributed by atoms with E-state index in [1.165, 1.54) is 25.7 Å². The van der Waals surface area contributed by atoms with Crippen LogP contribution in [0, 0.1) is 24.2 Å². The number of hydrogen-bond donors (Lipinski definition) is 0. The Morgan fingerprint density at radius 3 is 1.92 bits per heavy atom. The molecule has 1 aliphatic carbocycles. The topological polar surface area (TPSA) is 0 Å². The van der Waals surface area contributed by atoms with E-state index in [1.807, 2.05) is 0 Å². The van der Waals surface area contributed by atoms with Crippen molar-refractivity contribution < 1.29 is 0 Å². The Labute approximate surface area is 77.7 Å². The van der Waals surface area contributed by atoms with Gasteiger partial charge in [-0.1, -0.05) is 47.0 Å². The van der Waals surface area contributed by atoms with Crippen LogP contribution in [0.4, 0.5) is 0 Å². The molecule has 0 aromatic carbocycles. The second-order valence-electron chi connectivity index (χ2n) is 5.37. The zero-order valence-corrected chi connectivity index (χ0v) is 8.90. The summed E-state index contributed by atoms with van der Waals surface area (Å²) in [6, 6.07) is 0. The molecule has 0 amide bonds. The molecule has 1 aliphatic rings. The molecule has 12 heavy (non-hydrogen) atoms. The lowest BCUT2D eigenvalue weighted by atomic mass is 9.69. The second-order valence-corrected chi connectivity index (χ2v) is 5.37. The molecule has 1 radical (unpaired) electrons. The van der Waals surface area contributed by atoms with Crippen molar-refractivity contribution in [3.8, 4) is 0 Å². The van der Waals surface area contributed by atoms with E-state index in [4.69, 9.17) is 0 Å². The Balaban J connectivity index is 2.36. The molecule has 0 aliphatic heterocycles. The van der Waals surface area contributed by atoms with E-state index in [-0.39, 0.29) is 0 Å². The predicted molar refractivity (Wildman–Crippen MR) is 54.9 cm³/mol. The third kappa shape index (κ3) is 2.50. The summed E-state index contributed by atoms with van der Waals surface area (Å²) in [4.78, 5) is 0. The molecule has 0 N–H and O–H groups in total. The van der Waals surface area contributed by atoms with Crippen LogP contribution in [0.1, 0.15) is 52.9 Å². The highest BCUT2D eigenvalue weighted by atomic mass is 14.3. The van der Waals surface area contributed by atoms with Gasteiger partial charge >= 0.3 is 0 Å². The van der Waals surface area contributed by atoms with Gasteiger partial charge in [-0.3, -0.25) is 0 Å². The standard InChI is InChI=1S/C12H23/c1-5-10-6-8-11(9-7-10)12(2,3)4/h10-11H,1,5-9H2,2-4H3. The Bertz CT molecular complexity index is 121. The first-order chi connectivity index (χ1) is 5.54. The molecule has 0 heteroatoms. The smallest absolute Gasteiger partial charge is 0.0354 e. The molecule has 0 bridgehead atoms. The van der Waals surface area contributed by atoms with Crippen molar-refractivity contribution in [3.63, 3.8) is 0 Å². The molecule has 1 saturated carbocycles. The van der Waals surface area contributed by atoms with E-state index in [0.717, 1.165) is 18.3 Å². The molecule has 1 rings (SSSR count). The van der Waals surface area contributed by atoms with Gasteiger partial charge in [-0.15, -0.1) is 0 Å². The zero-order chi connectivity index (χ0) is 9.19. The van der Waals surface area contributed by atoms with Gasteiger partial charge in [0.1, 0.15) is 0 Å². The zero-order valence-electron chi connectivity index (χ0n) is 8.90. The molecule has 0 unspecified atom stereocenters. The van der Waals surface area contributed by atoms with Crippen LogP contribution in [0.5, 0.6) is 0 Å². The van der Waals surface area contributed by atoms with E-state index in [1.54, 1.807) is 0 Å². The molecule has 0 saturated heterocycles. The molecule has 0 aromatic heterocycles. The first-order valence-corrected chi connectivity index (χ1v) is 5.33. The molecule has 71 valence electrons. The summed E-state index contributed by atoms with van der Waals surface area (Å²) in [7, 11) is 0. The lowest BCUT2D eigenvalue weighted by Crippen LogP contribution is -2.25. The molecule has 0 nitrogen and oxygen atoms in total. The SMILES string of the molecule is [CH2]CC1CCC(C(C)(C)C)CC1. The van der Waals surface area contributed by atoms with Crippen molar-refractivity contribution in [1.29, 1.82) is 0 Å². The molecule has 1 fully saturated rings. The Hall–Kier alpha value is 0. The van der Waals surface area contributed by atoms with Crippen LogP contribution in [0.25, 0.3) is 0 Å². The minimum Gasteiger partial charge on any atom is -0.0599 e. The van der Waals surface area contributed by atoms with Crippen molar-refractivity contribution in [2.75, 3.05) is 0 Å². The Morgan fingerprint density at radius 2 is 1.58 bits per heavy atom. The van der Waals surface area contributed by atoms with Crippen LogP contribution >= 0.6 is 0 Å². The first-order valence-electron chi connectivity index (χ1n) is 5.33. The maximum Gasteiger partial charge on any atom is -0.0354 e. The average molecular weight is 167 g/mol.